The molecular formula is C25H23ClN4O2. The van der Waals surface area contributed by atoms with Crippen molar-refractivity contribution < 1.29 is 9.53 Å². The third-order valence-electron chi connectivity index (χ3n) is 6.76. The van der Waals surface area contributed by atoms with Crippen LogP contribution in [0.2, 0.25) is 5.02 Å². The largest absolute Gasteiger partial charge is 0.380 e. The Morgan fingerprint density at radius 1 is 1.12 bits per heavy atom. The number of likely N-dealkylation sites (tertiary alicyclic amines) is 1. The van der Waals surface area contributed by atoms with E-state index in [1.165, 1.54) is 0 Å². The summed E-state index contributed by atoms with van der Waals surface area (Å²) in [6.07, 6.45) is 2.54. The van der Waals surface area contributed by atoms with Gasteiger partial charge in [0.1, 0.15) is 11.6 Å². The highest BCUT2D eigenvalue weighted by atomic mass is 35.5. The number of amides is 1. The highest BCUT2D eigenvalue weighted by molar-refractivity contribution is 6.30. The summed E-state index contributed by atoms with van der Waals surface area (Å²) in [7, 11) is 0. The highest BCUT2D eigenvalue weighted by Crippen LogP contribution is 2.41. The molecule has 0 aliphatic carbocycles. The zero-order chi connectivity index (χ0) is 21.9. The minimum atomic E-state index is -0.184. The Kier molecular flexibility index (Phi) is 4.49. The van der Waals surface area contributed by atoms with E-state index in [4.69, 9.17) is 16.3 Å². The molecule has 2 aromatic carbocycles. The molecule has 2 fully saturated rings. The first-order chi connectivity index (χ1) is 15.5. The number of para-hydroxylation sites is 1. The molecule has 2 saturated heterocycles. The summed E-state index contributed by atoms with van der Waals surface area (Å²) in [5, 5.41) is 9.56. The summed E-state index contributed by atoms with van der Waals surface area (Å²) in [4.78, 5) is 15.1. The maximum atomic E-state index is 13.2. The molecule has 3 aromatic rings. The van der Waals surface area contributed by atoms with E-state index in [0.717, 1.165) is 60.3 Å². The molecule has 1 spiro atoms. The lowest BCUT2D eigenvalue weighted by molar-refractivity contribution is -0.195. The van der Waals surface area contributed by atoms with Crippen LogP contribution in [0.15, 0.2) is 54.6 Å². The Labute approximate surface area is 191 Å². The van der Waals surface area contributed by atoms with Gasteiger partial charge in [0.15, 0.2) is 0 Å². The van der Waals surface area contributed by atoms with Gasteiger partial charge < -0.3 is 9.64 Å². The number of hydrogen-bond donors (Lipinski definition) is 0. The van der Waals surface area contributed by atoms with Crippen molar-refractivity contribution in [3.63, 3.8) is 0 Å². The number of nitrogens with zero attached hydrogens (tertiary/aromatic N) is 4. The van der Waals surface area contributed by atoms with Crippen LogP contribution < -0.4 is 0 Å². The Morgan fingerprint density at radius 2 is 1.88 bits per heavy atom. The van der Waals surface area contributed by atoms with Crippen molar-refractivity contribution in [2.24, 2.45) is 5.41 Å². The molecule has 3 aliphatic heterocycles. The normalized spacial score (nSPS) is 20.5. The van der Waals surface area contributed by atoms with E-state index in [1.54, 1.807) is 0 Å². The van der Waals surface area contributed by atoms with Crippen LogP contribution in [-0.4, -0.2) is 51.9 Å². The van der Waals surface area contributed by atoms with Gasteiger partial charge in [0.2, 0.25) is 5.91 Å². The number of rotatable bonds is 3. The minimum Gasteiger partial charge on any atom is -0.380 e. The number of aryl methyl sites for hydroxylation is 1. The van der Waals surface area contributed by atoms with E-state index < -0.39 is 0 Å². The second kappa shape index (κ2) is 7.29. The fraction of sp³-hybridized carbons (Fsp3) is 0.320. The maximum Gasteiger partial charge on any atom is 0.223 e. The number of aromatic nitrogens is 3. The third kappa shape index (κ3) is 3.09. The predicted molar refractivity (Wildman–Crippen MR) is 122 cm³/mol. The Balaban J connectivity index is 1.42. The van der Waals surface area contributed by atoms with Crippen molar-refractivity contribution in [1.29, 1.82) is 0 Å². The first-order valence-corrected chi connectivity index (χ1v) is 11.3. The van der Waals surface area contributed by atoms with E-state index in [1.807, 2.05) is 48.2 Å². The number of carbonyl (C=O) groups is 1. The van der Waals surface area contributed by atoms with Crippen LogP contribution in [-0.2, 0) is 9.53 Å². The van der Waals surface area contributed by atoms with Crippen LogP contribution in [0, 0.1) is 12.3 Å². The third-order valence-corrected chi connectivity index (χ3v) is 7.01. The lowest BCUT2D eigenvalue weighted by Crippen LogP contribution is -2.67. The average molecular weight is 447 g/mol. The van der Waals surface area contributed by atoms with Crippen molar-refractivity contribution >= 4 is 23.1 Å². The summed E-state index contributed by atoms with van der Waals surface area (Å²) in [5.74, 6) is 1.58. The number of allylic oxidation sites excluding steroid dienone is 1. The average Bonchev–Trinajstić information content (AvgIpc) is 3.04. The highest BCUT2D eigenvalue weighted by Gasteiger charge is 2.50. The predicted octanol–water partition coefficient (Wildman–Crippen LogP) is 4.01. The first kappa shape index (κ1) is 19.7. The fourth-order valence-electron chi connectivity index (χ4n) is 5.04. The molecule has 4 heterocycles. The standard InChI is InChI=1S/C25H23ClN4O2/c1-16-27-28-24-18(11-23(31)29-12-25(13-29)14-32-15-25)10-21(17-6-8-19(26)9-7-17)20-4-2-3-5-22(20)30(16)24/h2-10,18H,11-15H2,1H3/t18-/m0/s1. The Bertz CT molecular complexity index is 1240. The van der Waals surface area contributed by atoms with E-state index in [9.17, 15) is 4.79 Å². The van der Waals surface area contributed by atoms with Gasteiger partial charge in [0, 0.05) is 36.0 Å². The molecule has 6 nitrogen and oxygen atoms in total. The Morgan fingerprint density at radius 3 is 2.59 bits per heavy atom. The zero-order valence-corrected chi connectivity index (χ0v) is 18.5. The smallest absolute Gasteiger partial charge is 0.223 e. The van der Waals surface area contributed by atoms with Gasteiger partial charge in [-0.15, -0.1) is 10.2 Å². The molecule has 7 heteroatoms. The molecule has 1 amide bonds. The van der Waals surface area contributed by atoms with E-state index in [2.05, 4.69) is 33.0 Å². The number of halogens is 1. The molecule has 32 heavy (non-hydrogen) atoms. The van der Waals surface area contributed by atoms with Gasteiger partial charge in [-0.05, 0) is 36.3 Å². The van der Waals surface area contributed by atoms with E-state index in [0.29, 0.717) is 11.4 Å². The first-order valence-electron chi connectivity index (χ1n) is 10.9. The lowest BCUT2D eigenvalue weighted by atomic mass is 9.77. The topological polar surface area (TPSA) is 60.2 Å². The molecule has 1 aromatic heterocycles. The molecule has 0 bridgehead atoms. The molecule has 6 rings (SSSR count). The molecule has 162 valence electrons. The molecule has 3 aliphatic rings. The number of carbonyl (C=O) groups excluding carboxylic acids is 1. The number of hydrogen-bond acceptors (Lipinski definition) is 4. The lowest BCUT2D eigenvalue weighted by Gasteiger charge is -2.55. The van der Waals surface area contributed by atoms with Crippen LogP contribution in [0.25, 0.3) is 11.3 Å². The fourth-order valence-corrected chi connectivity index (χ4v) is 5.17. The SMILES string of the molecule is Cc1nnc2n1-c1ccccc1C(c1ccc(Cl)cc1)=C[C@H]2CC(=O)N1CC2(COC2)C1. The molecule has 0 unspecified atom stereocenters. The van der Waals surface area contributed by atoms with Crippen molar-refractivity contribution in [3.8, 4) is 5.69 Å². The van der Waals surface area contributed by atoms with Crippen LogP contribution in [0.5, 0.6) is 0 Å². The zero-order valence-electron chi connectivity index (χ0n) is 17.8. The van der Waals surface area contributed by atoms with Gasteiger partial charge in [-0.3, -0.25) is 9.36 Å². The molecular weight excluding hydrogens is 424 g/mol. The summed E-state index contributed by atoms with van der Waals surface area (Å²) in [6.45, 7) is 5.07. The molecule has 1 atom stereocenters. The number of benzene rings is 2. The summed E-state index contributed by atoms with van der Waals surface area (Å²) in [6, 6.07) is 16.1. The second-order valence-electron chi connectivity index (χ2n) is 9.10. The minimum absolute atomic E-state index is 0.150. The summed E-state index contributed by atoms with van der Waals surface area (Å²) in [5.41, 5.74) is 4.45. The summed E-state index contributed by atoms with van der Waals surface area (Å²) >= 11 is 6.15. The maximum absolute atomic E-state index is 13.2. The molecule has 0 saturated carbocycles. The van der Waals surface area contributed by atoms with Crippen molar-refractivity contribution in [1.82, 2.24) is 19.7 Å². The number of ether oxygens (including phenoxy) is 1. The van der Waals surface area contributed by atoms with Gasteiger partial charge in [-0.2, -0.15) is 0 Å². The molecule has 0 N–H and O–H groups in total. The van der Waals surface area contributed by atoms with Gasteiger partial charge >= 0.3 is 0 Å². The van der Waals surface area contributed by atoms with Crippen LogP contribution in [0.1, 0.15) is 35.1 Å². The quantitative estimate of drug-likeness (QED) is 0.610. The molecule has 0 radical (unpaired) electrons. The van der Waals surface area contributed by atoms with Crippen LogP contribution in [0.3, 0.4) is 0 Å². The van der Waals surface area contributed by atoms with Crippen molar-refractivity contribution in [3.05, 3.63) is 82.4 Å². The second-order valence-corrected chi connectivity index (χ2v) is 9.53. The van der Waals surface area contributed by atoms with Gasteiger partial charge in [0.05, 0.1) is 24.3 Å². The van der Waals surface area contributed by atoms with Gasteiger partial charge in [-0.25, -0.2) is 0 Å². The van der Waals surface area contributed by atoms with E-state index >= 15 is 0 Å². The van der Waals surface area contributed by atoms with E-state index in [-0.39, 0.29) is 17.2 Å². The van der Waals surface area contributed by atoms with Crippen LogP contribution >= 0.6 is 11.6 Å². The monoisotopic (exact) mass is 446 g/mol. The van der Waals surface area contributed by atoms with Gasteiger partial charge in [-0.1, -0.05) is 48.0 Å². The van der Waals surface area contributed by atoms with Crippen molar-refractivity contribution in [2.45, 2.75) is 19.3 Å². The van der Waals surface area contributed by atoms with Gasteiger partial charge in [0.25, 0.3) is 0 Å². The Hall–Kier alpha value is -2.96. The van der Waals surface area contributed by atoms with Crippen molar-refractivity contribution in [2.75, 3.05) is 26.3 Å². The summed E-state index contributed by atoms with van der Waals surface area (Å²) < 4.78 is 7.44. The number of fused-ring (bicyclic) bond motifs is 3. The van der Waals surface area contributed by atoms with Crippen LogP contribution in [0.4, 0.5) is 0 Å².